The quantitative estimate of drug-likeness (QED) is 0.672. The van der Waals surface area contributed by atoms with E-state index in [1.54, 1.807) is 0 Å². The number of thioether (sulfide) groups is 1. The van der Waals surface area contributed by atoms with Gasteiger partial charge in [0.25, 0.3) is 5.82 Å². The summed E-state index contributed by atoms with van der Waals surface area (Å²) in [4.78, 5) is 3.85. The van der Waals surface area contributed by atoms with Crippen LogP contribution >= 0.6 is 34.7 Å². The molecule has 0 spiro atoms. The minimum Gasteiger partial charge on any atom is -0.286 e. The van der Waals surface area contributed by atoms with E-state index in [4.69, 9.17) is 17.3 Å². The van der Waals surface area contributed by atoms with Crippen LogP contribution in [0, 0.1) is 22.7 Å². The molecular weight excluding hydrogens is 372 g/mol. The summed E-state index contributed by atoms with van der Waals surface area (Å²) < 4.78 is 0. The molecule has 7 heteroatoms. The molecule has 0 aliphatic rings. The fourth-order valence-corrected chi connectivity index (χ4v) is 4.24. The summed E-state index contributed by atoms with van der Waals surface area (Å²) in [6.45, 7) is 0. The van der Waals surface area contributed by atoms with Crippen LogP contribution in [0.4, 0.5) is 5.82 Å². The van der Waals surface area contributed by atoms with E-state index < -0.39 is 0 Å². The van der Waals surface area contributed by atoms with Crippen molar-refractivity contribution in [3.63, 3.8) is 0 Å². The zero-order valence-corrected chi connectivity index (χ0v) is 15.3. The third-order valence-corrected chi connectivity index (χ3v) is 5.74. The maximum Gasteiger partial charge on any atom is 0.289 e. The number of thiophene rings is 1. The van der Waals surface area contributed by atoms with Crippen molar-refractivity contribution in [1.82, 2.24) is 0 Å². The number of aromatic amines is 1. The van der Waals surface area contributed by atoms with Gasteiger partial charge in [-0.2, -0.15) is 10.5 Å². The third kappa shape index (κ3) is 3.62. The summed E-state index contributed by atoms with van der Waals surface area (Å²) in [6.07, 6.45) is 0. The Morgan fingerprint density at radius 1 is 1.12 bits per heavy atom. The Labute approximate surface area is 158 Å². The molecule has 1 aromatic carbocycles. The monoisotopic (exact) mass is 383 g/mol. The molecule has 0 atom stereocenters. The average molecular weight is 384 g/mol. The van der Waals surface area contributed by atoms with Gasteiger partial charge >= 0.3 is 0 Å². The van der Waals surface area contributed by atoms with Gasteiger partial charge in [-0.3, -0.25) is 5.73 Å². The second kappa shape index (κ2) is 7.58. The van der Waals surface area contributed by atoms with Gasteiger partial charge in [0, 0.05) is 21.2 Å². The molecule has 3 rings (SSSR count). The van der Waals surface area contributed by atoms with Gasteiger partial charge in [0.15, 0.2) is 10.6 Å². The molecule has 0 fully saturated rings. The number of anilines is 1. The van der Waals surface area contributed by atoms with E-state index in [2.05, 4.69) is 17.1 Å². The van der Waals surface area contributed by atoms with Crippen LogP contribution in [0.25, 0.3) is 10.4 Å². The number of hydrogen-bond donors (Lipinski definition) is 1. The van der Waals surface area contributed by atoms with Crippen LogP contribution in [0.5, 0.6) is 0 Å². The molecule has 3 aromatic rings. The number of pyridine rings is 1. The predicted molar refractivity (Wildman–Crippen MR) is 101 cm³/mol. The normalized spacial score (nSPS) is 10.2. The summed E-state index contributed by atoms with van der Waals surface area (Å²) in [6, 6.07) is 15.6. The summed E-state index contributed by atoms with van der Waals surface area (Å²) in [7, 11) is 0. The highest BCUT2D eigenvalue weighted by Gasteiger charge is 2.24. The van der Waals surface area contributed by atoms with Crippen LogP contribution in [-0.4, -0.2) is 0 Å². The molecule has 3 N–H and O–H groups in total. The minimum atomic E-state index is 0.267. The van der Waals surface area contributed by atoms with Crippen LogP contribution in [0.3, 0.4) is 0 Å². The first-order valence-corrected chi connectivity index (χ1v) is 9.48. The van der Waals surface area contributed by atoms with Crippen LogP contribution in [0.2, 0.25) is 5.02 Å². The molecule has 122 valence electrons. The zero-order valence-electron chi connectivity index (χ0n) is 12.9. The van der Waals surface area contributed by atoms with Crippen molar-refractivity contribution >= 4 is 40.5 Å². The number of benzene rings is 1. The van der Waals surface area contributed by atoms with Crippen LogP contribution in [-0.2, 0) is 5.75 Å². The molecule has 0 unspecified atom stereocenters. The van der Waals surface area contributed by atoms with E-state index in [0.717, 1.165) is 10.4 Å². The Balaban J connectivity index is 2.04. The molecule has 2 aromatic heterocycles. The standard InChI is InChI=1S/C18H11ClN4S2/c19-12-5-3-11(4-6-12)10-25-18-14(9-21)16(15-2-1-7-24-15)13(8-20)17(22)23-18/h1-7H,10H2,(H2,22,23)/p+1. The van der Waals surface area contributed by atoms with Gasteiger partial charge in [-0.1, -0.05) is 41.6 Å². The van der Waals surface area contributed by atoms with E-state index in [0.29, 0.717) is 32.5 Å². The van der Waals surface area contributed by atoms with Crippen molar-refractivity contribution in [3.8, 4) is 22.6 Å². The van der Waals surface area contributed by atoms with Crippen molar-refractivity contribution in [1.29, 1.82) is 10.5 Å². The smallest absolute Gasteiger partial charge is 0.286 e. The summed E-state index contributed by atoms with van der Waals surface area (Å²) in [5.74, 6) is 0.918. The molecule has 2 heterocycles. The fourth-order valence-electron chi connectivity index (χ4n) is 2.35. The largest absolute Gasteiger partial charge is 0.289 e. The predicted octanol–water partition coefficient (Wildman–Crippen LogP) is 4.50. The van der Waals surface area contributed by atoms with Gasteiger partial charge < -0.3 is 0 Å². The van der Waals surface area contributed by atoms with Crippen LogP contribution in [0.15, 0.2) is 46.8 Å². The number of nitrogen functional groups attached to an aromatic ring is 1. The van der Waals surface area contributed by atoms with E-state index in [1.807, 2.05) is 41.8 Å². The lowest BCUT2D eigenvalue weighted by molar-refractivity contribution is -0.410. The van der Waals surface area contributed by atoms with E-state index in [1.165, 1.54) is 23.1 Å². The Morgan fingerprint density at radius 2 is 1.84 bits per heavy atom. The highest BCUT2D eigenvalue weighted by molar-refractivity contribution is 7.98. The Bertz CT molecular complexity index is 984. The molecule has 0 saturated carbocycles. The Kier molecular flexibility index (Phi) is 5.25. The van der Waals surface area contributed by atoms with E-state index in [-0.39, 0.29) is 5.82 Å². The van der Waals surface area contributed by atoms with Gasteiger partial charge in [0.1, 0.15) is 17.7 Å². The topological polar surface area (TPSA) is 87.7 Å². The summed E-state index contributed by atoms with van der Waals surface area (Å²) >= 11 is 8.85. The number of halogens is 1. The first kappa shape index (κ1) is 17.3. The number of nitrogens with one attached hydrogen (secondary N) is 1. The zero-order chi connectivity index (χ0) is 17.8. The second-order valence-corrected chi connectivity index (χ2v) is 7.48. The number of nitrogens with zero attached hydrogens (tertiary/aromatic N) is 2. The Hall–Kier alpha value is -2.51. The lowest BCUT2D eigenvalue weighted by Crippen LogP contribution is -2.18. The van der Waals surface area contributed by atoms with Gasteiger partial charge in [-0.25, -0.2) is 4.98 Å². The number of H-pyrrole nitrogens is 1. The lowest BCUT2D eigenvalue weighted by Gasteiger charge is -2.08. The number of rotatable bonds is 4. The molecular formula is C18H12ClN4S2+. The highest BCUT2D eigenvalue weighted by Crippen LogP contribution is 2.36. The second-order valence-electron chi connectivity index (χ2n) is 5.11. The average Bonchev–Trinajstić information content (AvgIpc) is 3.14. The maximum absolute atomic E-state index is 9.70. The fraction of sp³-hybridized carbons (Fsp3) is 0.0556. The molecule has 0 saturated heterocycles. The van der Waals surface area contributed by atoms with Crippen LogP contribution < -0.4 is 10.7 Å². The van der Waals surface area contributed by atoms with Crippen molar-refractivity contribution in [2.75, 3.05) is 5.73 Å². The first-order chi connectivity index (χ1) is 12.1. The molecule has 0 aliphatic carbocycles. The minimum absolute atomic E-state index is 0.267. The van der Waals surface area contributed by atoms with Crippen molar-refractivity contribution in [2.24, 2.45) is 0 Å². The van der Waals surface area contributed by atoms with Crippen molar-refractivity contribution < 1.29 is 4.98 Å². The number of aromatic nitrogens is 1. The molecule has 0 aliphatic heterocycles. The molecule has 25 heavy (non-hydrogen) atoms. The lowest BCUT2D eigenvalue weighted by atomic mass is 10.0. The Morgan fingerprint density at radius 3 is 2.44 bits per heavy atom. The number of nitriles is 2. The SMILES string of the molecule is N#Cc1c(N)[nH+]c(SCc2ccc(Cl)cc2)c(C#N)c1-c1cccs1. The van der Waals surface area contributed by atoms with Gasteiger partial charge in [-0.15, -0.1) is 11.3 Å². The first-order valence-electron chi connectivity index (χ1n) is 7.24. The summed E-state index contributed by atoms with van der Waals surface area (Å²) in [5.41, 5.74) is 8.44. The van der Waals surface area contributed by atoms with E-state index in [9.17, 15) is 10.5 Å². The van der Waals surface area contributed by atoms with Gasteiger partial charge in [0.2, 0.25) is 0 Å². The van der Waals surface area contributed by atoms with Crippen molar-refractivity contribution in [2.45, 2.75) is 10.8 Å². The number of nitrogens with two attached hydrogens (primary N) is 1. The number of hydrogen-bond acceptors (Lipinski definition) is 5. The van der Waals surface area contributed by atoms with Gasteiger partial charge in [0.05, 0.1) is 0 Å². The van der Waals surface area contributed by atoms with Crippen molar-refractivity contribution in [3.05, 3.63) is 63.5 Å². The van der Waals surface area contributed by atoms with Crippen LogP contribution in [0.1, 0.15) is 16.7 Å². The molecule has 0 bridgehead atoms. The maximum atomic E-state index is 9.70. The summed E-state index contributed by atoms with van der Waals surface area (Å²) in [5, 5.41) is 22.4. The highest BCUT2D eigenvalue weighted by atomic mass is 35.5. The molecule has 0 amide bonds. The third-order valence-electron chi connectivity index (χ3n) is 3.53. The molecule has 4 nitrogen and oxygen atoms in total. The van der Waals surface area contributed by atoms with E-state index >= 15 is 0 Å². The molecule has 0 radical (unpaired) electrons. The van der Waals surface area contributed by atoms with Gasteiger partial charge in [-0.05, 0) is 29.1 Å².